The van der Waals surface area contributed by atoms with Gasteiger partial charge in [-0.2, -0.15) is 4.31 Å². The average molecular weight is 613 g/mol. The predicted molar refractivity (Wildman–Crippen MR) is 146 cm³/mol. The quantitative estimate of drug-likeness (QED) is 0.441. The van der Waals surface area contributed by atoms with Crippen LogP contribution in [0.1, 0.15) is 36.5 Å². The molecule has 2 aliphatic heterocycles. The zero-order chi connectivity index (χ0) is 30.9. The summed E-state index contributed by atoms with van der Waals surface area (Å²) in [7, 11) is -3.98. The molecule has 1 spiro atoms. The van der Waals surface area contributed by atoms with Crippen LogP contribution >= 0.6 is 0 Å². The van der Waals surface area contributed by atoms with Crippen LogP contribution in [0.5, 0.6) is 5.75 Å². The zero-order valence-electron chi connectivity index (χ0n) is 22.6. The molecule has 2 aromatic rings. The maximum absolute atomic E-state index is 14.8. The molecule has 10 nitrogen and oxygen atoms in total. The van der Waals surface area contributed by atoms with Gasteiger partial charge in [0.05, 0.1) is 12.3 Å². The summed E-state index contributed by atoms with van der Waals surface area (Å²) in [5.41, 5.74) is -0.351. The first kappa shape index (κ1) is 31.1. The molecule has 0 bridgehead atoms. The number of carbonyl (C=O) groups is 2. The van der Waals surface area contributed by atoms with Crippen LogP contribution in [-0.2, 0) is 19.6 Å². The fourth-order valence-corrected chi connectivity index (χ4v) is 5.99. The number of aliphatic hydroxyl groups excluding tert-OH is 1. The second-order valence-electron chi connectivity index (χ2n) is 9.82. The maximum atomic E-state index is 14.8. The van der Waals surface area contributed by atoms with Crippen molar-refractivity contribution >= 4 is 39.4 Å². The number of benzene rings is 2. The van der Waals surface area contributed by atoms with Gasteiger partial charge in [0, 0.05) is 37.5 Å². The van der Waals surface area contributed by atoms with Crippen LogP contribution < -0.4 is 15.0 Å². The summed E-state index contributed by atoms with van der Waals surface area (Å²) in [5.74, 6) is -2.13. The number of nitrogens with one attached hydrogen (secondary N) is 1. The molecule has 2 N–H and O–H groups in total. The number of piperidine rings is 1. The molecule has 15 heteroatoms. The van der Waals surface area contributed by atoms with Crippen molar-refractivity contribution in [2.24, 2.45) is 4.99 Å². The number of aryl methyl sites for hydroxylation is 1. The zero-order valence-corrected chi connectivity index (χ0v) is 23.4. The Morgan fingerprint density at radius 1 is 1.24 bits per heavy atom. The van der Waals surface area contributed by atoms with Crippen LogP contribution in [-0.4, -0.2) is 73.6 Å². The number of aliphatic hydroxyl groups is 1. The molecule has 2 aromatic carbocycles. The van der Waals surface area contributed by atoms with Gasteiger partial charge in [0.25, 0.3) is 5.91 Å². The highest BCUT2D eigenvalue weighted by atomic mass is 32.2. The molecular formula is C27H28F4N4O6S. The second-order valence-corrected chi connectivity index (χ2v) is 11.6. The Balaban J connectivity index is 1.47. The molecule has 0 aromatic heterocycles. The molecule has 226 valence electrons. The molecule has 0 unspecified atom stereocenters. The molecule has 1 fully saturated rings. The molecule has 0 aliphatic carbocycles. The number of amidine groups is 1. The van der Waals surface area contributed by atoms with E-state index in [1.54, 1.807) is 6.92 Å². The molecule has 1 saturated heterocycles. The molecular weight excluding hydrogens is 584 g/mol. The number of anilines is 1. The van der Waals surface area contributed by atoms with Gasteiger partial charge in [0.1, 0.15) is 22.9 Å². The number of sulfonamides is 1. The number of hydrogen-bond acceptors (Lipinski definition) is 7. The summed E-state index contributed by atoms with van der Waals surface area (Å²) in [6.07, 6.45) is -3.59. The van der Waals surface area contributed by atoms with E-state index in [4.69, 9.17) is 0 Å². The van der Waals surface area contributed by atoms with Crippen molar-refractivity contribution in [3.05, 3.63) is 64.3 Å². The number of alkyl halides is 3. The van der Waals surface area contributed by atoms with E-state index in [0.29, 0.717) is 5.56 Å². The second kappa shape index (κ2) is 11.8. The average Bonchev–Trinajstić information content (AvgIpc) is 3.22. The highest BCUT2D eigenvalue weighted by molar-refractivity contribution is 7.92. The molecule has 42 heavy (non-hydrogen) atoms. The lowest BCUT2D eigenvalue weighted by Gasteiger charge is -2.34. The van der Waals surface area contributed by atoms with Crippen molar-refractivity contribution in [1.82, 2.24) is 9.62 Å². The summed E-state index contributed by atoms with van der Waals surface area (Å²) in [6, 6.07) is 7.49. The minimum atomic E-state index is -4.89. The maximum Gasteiger partial charge on any atom is 0.573 e. The largest absolute Gasteiger partial charge is 0.573 e. The smallest absolute Gasteiger partial charge is 0.406 e. The third-order valence-electron chi connectivity index (χ3n) is 6.98. The van der Waals surface area contributed by atoms with Crippen molar-refractivity contribution in [2.45, 2.75) is 38.6 Å². The molecule has 4 rings (SSSR count). The van der Waals surface area contributed by atoms with Gasteiger partial charge in [0.2, 0.25) is 15.9 Å². The van der Waals surface area contributed by atoms with E-state index in [2.05, 4.69) is 15.0 Å². The van der Waals surface area contributed by atoms with Crippen molar-refractivity contribution in [3.8, 4) is 5.75 Å². The third kappa shape index (κ3) is 6.79. The van der Waals surface area contributed by atoms with Crippen LogP contribution in [0, 0.1) is 12.7 Å². The third-order valence-corrected chi connectivity index (χ3v) is 8.55. The van der Waals surface area contributed by atoms with E-state index < -0.39 is 45.3 Å². The van der Waals surface area contributed by atoms with E-state index in [-0.39, 0.29) is 61.7 Å². The molecule has 2 aliphatic rings. The molecule has 2 heterocycles. The number of aliphatic imine (C=N–C) groups is 1. The number of ether oxygens (including phenoxy) is 1. The van der Waals surface area contributed by atoms with Gasteiger partial charge in [-0.05, 0) is 61.2 Å². The highest BCUT2D eigenvalue weighted by Crippen LogP contribution is 2.33. The van der Waals surface area contributed by atoms with Gasteiger partial charge in [-0.25, -0.2) is 12.8 Å². The Kier molecular flexibility index (Phi) is 8.76. The molecule has 2 amide bonds. The lowest BCUT2D eigenvalue weighted by atomic mass is 9.89. The SMILES string of the molecule is CC(=O)N(CCO)c1cc(C)c(/C=C/S(=O)(=O)N2CCC3(CC2)N=C(c2cccc(OC(F)(F)F)c2)NC3=O)cc1F. The lowest BCUT2D eigenvalue weighted by Crippen LogP contribution is -2.50. The van der Waals surface area contributed by atoms with E-state index in [9.17, 15) is 40.7 Å². The first-order chi connectivity index (χ1) is 19.6. The van der Waals surface area contributed by atoms with E-state index in [0.717, 1.165) is 32.8 Å². The van der Waals surface area contributed by atoms with Crippen LogP contribution in [0.3, 0.4) is 0 Å². The van der Waals surface area contributed by atoms with Gasteiger partial charge >= 0.3 is 6.36 Å². The first-order valence-electron chi connectivity index (χ1n) is 12.8. The van der Waals surface area contributed by atoms with Crippen LogP contribution in [0.25, 0.3) is 6.08 Å². The Morgan fingerprint density at radius 3 is 2.55 bits per heavy atom. The van der Waals surface area contributed by atoms with Crippen molar-refractivity contribution in [3.63, 3.8) is 0 Å². The van der Waals surface area contributed by atoms with Crippen LogP contribution in [0.4, 0.5) is 23.2 Å². The molecule has 0 radical (unpaired) electrons. The summed E-state index contributed by atoms with van der Waals surface area (Å²) in [4.78, 5) is 30.2. The van der Waals surface area contributed by atoms with Gasteiger partial charge in [-0.1, -0.05) is 12.1 Å². The van der Waals surface area contributed by atoms with Gasteiger partial charge in [-0.15, -0.1) is 13.2 Å². The molecule has 0 saturated carbocycles. The van der Waals surface area contributed by atoms with E-state index >= 15 is 0 Å². The van der Waals surface area contributed by atoms with Gasteiger partial charge in [0.15, 0.2) is 0 Å². The number of carbonyl (C=O) groups excluding carboxylic acids is 2. The normalized spacial score (nSPS) is 17.4. The predicted octanol–water partition coefficient (Wildman–Crippen LogP) is 3.09. The Morgan fingerprint density at radius 2 is 1.93 bits per heavy atom. The van der Waals surface area contributed by atoms with E-state index in [1.165, 1.54) is 31.2 Å². The summed E-state index contributed by atoms with van der Waals surface area (Å²) < 4.78 is 83.8. The Hall–Kier alpha value is -3.82. The van der Waals surface area contributed by atoms with Crippen molar-refractivity contribution < 1.29 is 45.4 Å². The number of rotatable bonds is 8. The highest BCUT2D eigenvalue weighted by Gasteiger charge is 2.47. The van der Waals surface area contributed by atoms with Crippen LogP contribution in [0.15, 0.2) is 46.8 Å². The number of amides is 2. The first-order valence-corrected chi connectivity index (χ1v) is 14.3. The number of nitrogens with zero attached hydrogens (tertiary/aromatic N) is 3. The van der Waals surface area contributed by atoms with Crippen molar-refractivity contribution in [2.75, 3.05) is 31.1 Å². The Labute approximate surface area is 239 Å². The summed E-state index contributed by atoms with van der Waals surface area (Å²) in [6.45, 7) is 2.27. The minimum Gasteiger partial charge on any atom is -0.406 e. The van der Waals surface area contributed by atoms with E-state index in [1.807, 2.05) is 0 Å². The monoisotopic (exact) mass is 612 g/mol. The fourth-order valence-electron chi connectivity index (χ4n) is 4.80. The minimum absolute atomic E-state index is 0.0300. The fraction of sp³-hybridized carbons (Fsp3) is 0.370. The van der Waals surface area contributed by atoms with Crippen LogP contribution in [0.2, 0.25) is 0 Å². The molecule has 0 atom stereocenters. The Bertz CT molecular complexity index is 1550. The standard InChI is InChI=1S/C27H28F4N4O6S/c1-17-14-23(35(11-12-36)18(2)37)22(28)16-19(17)6-13-42(39,40)34-9-7-26(8-10-34)25(38)32-24(33-26)20-4-3-5-21(15-20)41-27(29,30)31/h3-6,13-16,36H,7-12H2,1-2H3,(H,32,33,38)/b13-6+. The van der Waals surface area contributed by atoms with Gasteiger partial charge in [-0.3, -0.25) is 14.6 Å². The number of hydrogen-bond donors (Lipinski definition) is 2. The number of halogens is 4. The summed E-state index contributed by atoms with van der Waals surface area (Å²) in [5, 5.41) is 12.7. The lowest BCUT2D eigenvalue weighted by molar-refractivity contribution is -0.274. The summed E-state index contributed by atoms with van der Waals surface area (Å²) >= 11 is 0. The topological polar surface area (TPSA) is 129 Å². The van der Waals surface area contributed by atoms with Gasteiger partial charge < -0.3 is 20.1 Å². The van der Waals surface area contributed by atoms with Crippen molar-refractivity contribution in [1.29, 1.82) is 0 Å².